The number of carboxylic acids is 1. The third-order valence-corrected chi connectivity index (χ3v) is 4.15. The first kappa shape index (κ1) is 16.1. The molecule has 3 nitrogen and oxygen atoms in total. The predicted octanol–water partition coefficient (Wildman–Crippen LogP) is 4.57. The lowest BCUT2D eigenvalue weighted by Crippen LogP contribution is -2.06. The maximum Gasteiger partial charge on any atom is 0.335 e. The minimum absolute atomic E-state index is 0.226. The molecule has 0 bridgehead atoms. The standard InChI is InChI=1S/C21H20O3/c22-21(23)18-11-9-17(10-12-18)19-7-4-8-20(15-19)24-14-13-16-5-2-1-3-6-16/h1-12,19H,13-15H2,(H,22,23). The van der Waals surface area contributed by atoms with E-state index in [1.807, 2.05) is 42.5 Å². The number of benzene rings is 2. The number of allylic oxidation sites excluding steroid dienone is 4. The summed E-state index contributed by atoms with van der Waals surface area (Å²) in [5.41, 5.74) is 2.69. The van der Waals surface area contributed by atoms with Crippen LogP contribution in [0.15, 0.2) is 78.6 Å². The van der Waals surface area contributed by atoms with Gasteiger partial charge in [-0.25, -0.2) is 4.79 Å². The first-order valence-corrected chi connectivity index (χ1v) is 8.10. The van der Waals surface area contributed by atoms with Crippen LogP contribution in [0.1, 0.15) is 33.8 Å². The lowest BCUT2D eigenvalue weighted by molar-refractivity contribution is 0.0697. The number of ether oxygens (including phenoxy) is 1. The van der Waals surface area contributed by atoms with Gasteiger partial charge in [-0.15, -0.1) is 0 Å². The van der Waals surface area contributed by atoms with Gasteiger partial charge in [0.2, 0.25) is 0 Å². The molecule has 0 heterocycles. The summed E-state index contributed by atoms with van der Waals surface area (Å²) >= 11 is 0. The van der Waals surface area contributed by atoms with Crippen molar-refractivity contribution in [2.24, 2.45) is 0 Å². The molecular weight excluding hydrogens is 300 g/mol. The van der Waals surface area contributed by atoms with E-state index in [2.05, 4.69) is 18.2 Å². The molecule has 0 saturated heterocycles. The topological polar surface area (TPSA) is 46.5 Å². The Kier molecular flexibility index (Phi) is 5.12. The van der Waals surface area contributed by atoms with Gasteiger partial charge in [-0.2, -0.15) is 0 Å². The van der Waals surface area contributed by atoms with E-state index in [9.17, 15) is 4.79 Å². The molecule has 0 spiro atoms. The van der Waals surface area contributed by atoms with Crippen LogP contribution in [-0.4, -0.2) is 17.7 Å². The van der Waals surface area contributed by atoms with Crippen LogP contribution in [-0.2, 0) is 11.2 Å². The van der Waals surface area contributed by atoms with Crippen LogP contribution in [0.4, 0.5) is 0 Å². The fourth-order valence-electron chi connectivity index (χ4n) is 2.80. The van der Waals surface area contributed by atoms with Crippen LogP contribution >= 0.6 is 0 Å². The van der Waals surface area contributed by atoms with Crippen LogP contribution in [0.2, 0.25) is 0 Å². The Morgan fingerprint density at radius 2 is 1.83 bits per heavy atom. The van der Waals surface area contributed by atoms with Gasteiger partial charge in [0, 0.05) is 18.8 Å². The zero-order valence-electron chi connectivity index (χ0n) is 13.4. The van der Waals surface area contributed by atoms with Crippen molar-refractivity contribution in [1.29, 1.82) is 0 Å². The summed E-state index contributed by atoms with van der Waals surface area (Å²) in [7, 11) is 0. The fourth-order valence-corrected chi connectivity index (χ4v) is 2.80. The number of rotatable bonds is 6. The molecule has 1 N–H and O–H groups in total. The van der Waals surface area contributed by atoms with Crippen molar-refractivity contribution < 1.29 is 14.6 Å². The average molecular weight is 320 g/mol. The maximum absolute atomic E-state index is 10.9. The molecule has 0 aliphatic heterocycles. The van der Waals surface area contributed by atoms with Gasteiger partial charge in [0.1, 0.15) is 0 Å². The van der Waals surface area contributed by atoms with Crippen molar-refractivity contribution in [3.8, 4) is 0 Å². The Bertz CT molecular complexity index is 742. The Morgan fingerprint density at radius 3 is 2.54 bits per heavy atom. The van der Waals surface area contributed by atoms with Gasteiger partial charge in [0.15, 0.2) is 0 Å². The number of carbonyl (C=O) groups is 1. The maximum atomic E-state index is 10.9. The lowest BCUT2D eigenvalue weighted by Gasteiger charge is -2.19. The molecule has 2 aromatic carbocycles. The van der Waals surface area contributed by atoms with Gasteiger partial charge in [0.05, 0.1) is 17.9 Å². The van der Waals surface area contributed by atoms with E-state index < -0.39 is 5.97 Å². The average Bonchev–Trinajstić information content (AvgIpc) is 2.63. The molecule has 0 amide bonds. The van der Waals surface area contributed by atoms with E-state index in [0.717, 1.165) is 24.2 Å². The third kappa shape index (κ3) is 4.13. The SMILES string of the molecule is O=C(O)c1ccc(C2C=CC=C(OCCc3ccccc3)C2)cc1. The van der Waals surface area contributed by atoms with Crippen LogP contribution in [0, 0.1) is 0 Å². The van der Waals surface area contributed by atoms with Crippen molar-refractivity contribution in [3.63, 3.8) is 0 Å². The fraction of sp³-hybridized carbons (Fsp3) is 0.190. The van der Waals surface area contributed by atoms with Crippen molar-refractivity contribution in [3.05, 3.63) is 95.3 Å². The van der Waals surface area contributed by atoms with Crippen molar-refractivity contribution in [2.45, 2.75) is 18.8 Å². The highest BCUT2D eigenvalue weighted by Gasteiger charge is 2.15. The van der Waals surface area contributed by atoms with E-state index in [4.69, 9.17) is 9.84 Å². The number of carboxylic acid groups (broad SMARTS) is 1. The first-order chi connectivity index (χ1) is 11.7. The Morgan fingerprint density at radius 1 is 1.08 bits per heavy atom. The van der Waals surface area contributed by atoms with Gasteiger partial charge in [-0.05, 0) is 29.3 Å². The first-order valence-electron chi connectivity index (χ1n) is 8.10. The normalized spacial score (nSPS) is 16.5. The van der Waals surface area contributed by atoms with Crippen molar-refractivity contribution >= 4 is 5.97 Å². The van der Waals surface area contributed by atoms with E-state index in [1.165, 1.54) is 5.56 Å². The van der Waals surface area contributed by atoms with Gasteiger partial charge < -0.3 is 9.84 Å². The van der Waals surface area contributed by atoms with Gasteiger partial charge in [-0.1, -0.05) is 54.6 Å². The summed E-state index contributed by atoms with van der Waals surface area (Å²) in [6.07, 6.45) is 7.83. The quantitative estimate of drug-likeness (QED) is 0.848. The second-order valence-corrected chi connectivity index (χ2v) is 5.84. The highest BCUT2D eigenvalue weighted by Crippen LogP contribution is 2.29. The Hall–Kier alpha value is -2.81. The highest BCUT2D eigenvalue weighted by molar-refractivity contribution is 5.87. The largest absolute Gasteiger partial charge is 0.498 e. The van der Waals surface area contributed by atoms with E-state index >= 15 is 0 Å². The number of hydrogen-bond acceptors (Lipinski definition) is 2. The van der Waals surface area contributed by atoms with Crippen molar-refractivity contribution in [1.82, 2.24) is 0 Å². The summed E-state index contributed by atoms with van der Waals surface area (Å²) in [5, 5.41) is 8.98. The van der Waals surface area contributed by atoms with Crippen LogP contribution < -0.4 is 0 Å². The summed E-state index contributed by atoms with van der Waals surface area (Å²) in [6.45, 7) is 0.661. The van der Waals surface area contributed by atoms with Gasteiger partial charge in [-0.3, -0.25) is 0 Å². The Balaban J connectivity index is 1.55. The molecular formula is C21H20O3. The summed E-state index contributed by atoms with van der Waals surface area (Å²) < 4.78 is 5.92. The number of hydrogen-bond donors (Lipinski definition) is 1. The molecule has 24 heavy (non-hydrogen) atoms. The molecule has 0 radical (unpaired) electrons. The van der Waals surface area contributed by atoms with Crippen molar-refractivity contribution in [2.75, 3.05) is 6.61 Å². The molecule has 1 unspecified atom stereocenters. The summed E-state index contributed by atoms with van der Waals surface area (Å²) in [4.78, 5) is 10.9. The van der Waals surface area contributed by atoms with E-state index in [-0.39, 0.29) is 5.92 Å². The molecule has 1 aliphatic carbocycles. The summed E-state index contributed by atoms with van der Waals surface area (Å²) in [6, 6.07) is 17.4. The zero-order valence-corrected chi connectivity index (χ0v) is 13.4. The van der Waals surface area contributed by atoms with Crippen LogP contribution in [0.3, 0.4) is 0 Å². The van der Waals surface area contributed by atoms with E-state index in [1.54, 1.807) is 12.1 Å². The van der Waals surface area contributed by atoms with E-state index in [0.29, 0.717) is 12.2 Å². The second kappa shape index (κ2) is 7.64. The minimum atomic E-state index is -0.898. The second-order valence-electron chi connectivity index (χ2n) is 5.84. The third-order valence-electron chi connectivity index (χ3n) is 4.15. The monoisotopic (exact) mass is 320 g/mol. The Labute approximate surface area is 141 Å². The molecule has 0 fully saturated rings. The molecule has 1 aliphatic rings. The zero-order chi connectivity index (χ0) is 16.8. The molecule has 2 aromatic rings. The smallest absolute Gasteiger partial charge is 0.335 e. The summed E-state index contributed by atoms with van der Waals surface area (Å²) in [5.74, 6) is 0.302. The molecule has 0 aromatic heterocycles. The molecule has 3 rings (SSSR count). The molecule has 122 valence electrons. The molecule has 1 atom stereocenters. The highest BCUT2D eigenvalue weighted by atomic mass is 16.5. The molecule has 0 saturated carbocycles. The van der Waals surface area contributed by atoms with Crippen LogP contribution in [0.5, 0.6) is 0 Å². The predicted molar refractivity (Wildman–Crippen MR) is 94.1 cm³/mol. The number of aromatic carboxylic acids is 1. The lowest BCUT2D eigenvalue weighted by atomic mass is 9.91. The minimum Gasteiger partial charge on any atom is -0.498 e. The van der Waals surface area contributed by atoms with Gasteiger partial charge in [0.25, 0.3) is 0 Å². The van der Waals surface area contributed by atoms with Crippen LogP contribution in [0.25, 0.3) is 0 Å². The molecule has 3 heteroatoms. The van der Waals surface area contributed by atoms with Gasteiger partial charge >= 0.3 is 5.97 Å².